The molecule has 2 aliphatic rings. The van der Waals surface area contributed by atoms with Crippen LogP contribution in [0.15, 0.2) is 129 Å². The fraction of sp³-hybridized carbons (Fsp3) is 0.118. The van der Waals surface area contributed by atoms with Gasteiger partial charge in [0.05, 0.1) is 50.1 Å². The van der Waals surface area contributed by atoms with Gasteiger partial charge in [0, 0.05) is 30.7 Å². The second kappa shape index (κ2) is 10.5. The van der Waals surface area contributed by atoms with Crippen molar-refractivity contribution < 1.29 is 9.47 Å². The standard InChI is InChI=1S/C34H28N2O2S2/c1-37-29-19-24(22-36-27-13-5-9-17-33(27)40-34-18-10-6-14-28(34)36)30(38-2)20-23(29)21-35-25-11-3-7-15-31(25)39-32-16-8-4-12-26(32)35/h3-20H,21-22H2,1-2H3. The van der Waals surface area contributed by atoms with Gasteiger partial charge >= 0.3 is 0 Å². The van der Waals surface area contributed by atoms with Crippen LogP contribution in [-0.4, -0.2) is 14.2 Å². The van der Waals surface area contributed by atoms with E-state index in [1.165, 1.54) is 42.3 Å². The molecule has 5 aromatic carbocycles. The summed E-state index contributed by atoms with van der Waals surface area (Å²) in [7, 11) is 3.51. The molecular weight excluding hydrogens is 533 g/mol. The van der Waals surface area contributed by atoms with E-state index < -0.39 is 0 Å². The number of nitrogens with zero attached hydrogens (tertiary/aromatic N) is 2. The Balaban J connectivity index is 1.28. The lowest BCUT2D eigenvalue weighted by molar-refractivity contribution is 0.394. The first kappa shape index (κ1) is 25.0. The first-order valence-electron chi connectivity index (χ1n) is 13.2. The van der Waals surface area contributed by atoms with Crippen LogP contribution in [0.1, 0.15) is 11.1 Å². The van der Waals surface area contributed by atoms with E-state index in [1.807, 2.05) is 23.5 Å². The smallest absolute Gasteiger partial charge is 0.124 e. The average molecular weight is 561 g/mol. The molecule has 6 heteroatoms. The number of para-hydroxylation sites is 4. The summed E-state index contributed by atoms with van der Waals surface area (Å²) in [4.78, 5) is 9.78. The molecule has 0 aliphatic carbocycles. The maximum absolute atomic E-state index is 6.02. The van der Waals surface area contributed by atoms with Gasteiger partial charge in [0.15, 0.2) is 0 Å². The second-order valence-corrected chi connectivity index (χ2v) is 11.9. The summed E-state index contributed by atoms with van der Waals surface area (Å²) < 4.78 is 12.0. The predicted molar refractivity (Wildman–Crippen MR) is 165 cm³/mol. The summed E-state index contributed by atoms with van der Waals surface area (Å²) in [6, 6.07) is 38.7. The Labute approximate surface area is 243 Å². The molecule has 0 aromatic heterocycles. The fourth-order valence-electron chi connectivity index (χ4n) is 5.51. The molecule has 0 amide bonds. The Hall–Kier alpha value is -4.00. The maximum Gasteiger partial charge on any atom is 0.124 e. The first-order valence-corrected chi connectivity index (χ1v) is 14.9. The van der Waals surface area contributed by atoms with Crippen molar-refractivity contribution in [3.63, 3.8) is 0 Å². The third kappa shape index (κ3) is 4.37. The fourth-order valence-corrected chi connectivity index (χ4v) is 7.71. The molecule has 0 atom stereocenters. The van der Waals surface area contributed by atoms with Crippen LogP contribution in [0.4, 0.5) is 22.7 Å². The highest BCUT2D eigenvalue weighted by Crippen LogP contribution is 2.50. The lowest BCUT2D eigenvalue weighted by Crippen LogP contribution is -2.22. The maximum atomic E-state index is 6.02. The van der Waals surface area contributed by atoms with E-state index in [4.69, 9.17) is 9.47 Å². The van der Waals surface area contributed by atoms with Crippen molar-refractivity contribution in [2.75, 3.05) is 24.0 Å². The van der Waals surface area contributed by atoms with Gasteiger partial charge in [-0.3, -0.25) is 0 Å². The molecule has 5 aromatic rings. The Morgan fingerprint density at radius 3 is 1.07 bits per heavy atom. The minimum atomic E-state index is 0.667. The molecule has 0 saturated heterocycles. The monoisotopic (exact) mass is 560 g/mol. The zero-order valence-electron chi connectivity index (χ0n) is 22.3. The molecule has 7 rings (SSSR count). The van der Waals surface area contributed by atoms with E-state index in [2.05, 4.69) is 119 Å². The lowest BCUT2D eigenvalue weighted by Gasteiger charge is -2.34. The van der Waals surface area contributed by atoms with Gasteiger partial charge in [0.25, 0.3) is 0 Å². The topological polar surface area (TPSA) is 24.9 Å². The van der Waals surface area contributed by atoms with Gasteiger partial charge in [-0.05, 0) is 60.7 Å². The lowest BCUT2D eigenvalue weighted by atomic mass is 10.1. The van der Waals surface area contributed by atoms with Crippen molar-refractivity contribution in [1.82, 2.24) is 0 Å². The number of methoxy groups -OCH3 is 2. The number of ether oxygens (including phenoxy) is 2. The summed E-state index contributed by atoms with van der Waals surface area (Å²) in [5.74, 6) is 1.72. The van der Waals surface area contributed by atoms with Gasteiger partial charge in [-0.15, -0.1) is 0 Å². The third-order valence-electron chi connectivity index (χ3n) is 7.40. The molecular formula is C34H28N2O2S2. The Morgan fingerprint density at radius 2 is 0.775 bits per heavy atom. The van der Waals surface area contributed by atoms with Gasteiger partial charge in [-0.2, -0.15) is 0 Å². The molecule has 0 spiro atoms. The highest BCUT2D eigenvalue weighted by atomic mass is 32.2. The van der Waals surface area contributed by atoms with Crippen molar-refractivity contribution in [2.24, 2.45) is 0 Å². The molecule has 0 fully saturated rings. The molecule has 0 radical (unpaired) electrons. The molecule has 0 unspecified atom stereocenters. The predicted octanol–water partition coefficient (Wildman–Crippen LogP) is 9.31. The second-order valence-electron chi connectivity index (χ2n) is 9.72. The van der Waals surface area contributed by atoms with Crippen LogP contribution < -0.4 is 19.3 Å². The number of fused-ring (bicyclic) bond motifs is 4. The summed E-state index contributed by atoms with van der Waals surface area (Å²) >= 11 is 3.64. The summed E-state index contributed by atoms with van der Waals surface area (Å²) in [5.41, 5.74) is 6.97. The van der Waals surface area contributed by atoms with Gasteiger partial charge < -0.3 is 19.3 Å². The van der Waals surface area contributed by atoms with E-state index in [-0.39, 0.29) is 0 Å². The van der Waals surface area contributed by atoms with Crippen LogP contribution in [0.5, 0.6) is 11.5 Å². The van der Waals surface area contributed by atoms with Crippen LogP contribution in [0.3, 0.4) is 0 Å². The molecule has 2 aliphatic heterocycles. The van der Waals surface area contributed by atoms with Crippen molar-refractivity contribution in [3.05, 3.63) is 120 Å². The number of benzene rings is 5. The highest BCUT2D eigenvalue weighted by molar-refractivity contribution is 8.00. The molecule has 0 saturated carbocycles. The van der Waals surface area contributed by atoms with Gasteiger partial charge in [0.1, 0.15) is 11.5 Å². The molecule has 40 heavy (non-hydrogen) atoms. The molecule has 0 N–H and O–H groups in total. The zero-order valence-corrected chi connectivity index (χ0v) is 24.0. The number of hydrogen-bond acceptors (Lipinski definition) is 6. The highest BCUT2D eigenvalue weighted by Gasteiger charge is 2.27. The Bertz CT molecular complexity index is 1500. The number of hydrogen-bond donors (Lipinski definition) is 0. The SMILES string of the molecule is COc1cc(CN2c3ccccc3Sc3ccccc32)c(OC)cc1CN1c2ccccc2Sc2ccccc21. The van der Waals surface area contributed by atoms with Crippen LogP contribution in [-0.2, 0) is 13.1 Å². The van der Waals surface area contributed by atoms with Gasteiger partial charge in [-0.1, -0.05) is 72.1 Å². The minimum Gasteiger partial charge on any atom is -0.496 e. The van der Waals surface area contributed by atoms with E-state index in [0.29, 0.717) is 13.1 Å². The van der Waals surface area contributed by atoms with Gasteiger partial charge in [0.2, 0.25) is 0 Å². The van der Waals surface area contributed by atoms with E-state index in [9.17, 15) is 0 Å². The van der Waals surface area contributed by atoms with E-state index in [0.717, 1.165) is 22.6 Å². The van der Waals surface area contributed by atoms with Crippen LogP contribution >= 0.6 is 23.5 Å². The third-order valence-corrected chi connectivity index (χ3v) is 9.66. The van der Waals surface area contributed by atoms with Crippen LogP contribution in [0.25, 0.3) is 0 Å². The quantitative estimate of drug-likeness (QED) is 0.205. The van der Waals surface area contributed by atoms with Crippen LogP contribution in [0, 0.1) is 0 Å². The van der Waals surface area contributed by atoms with Crippen molar-refractivity contribution in [1.29, 1.82) is 0 Å². The summed E-state index contributed by atoms with van der Waals surface area (Å²) in [5, 5.41) is 0. The van der Waals surface area contributed by atoms with Crippen molar-refractivity contribution in [2.45, 2.75) is 32.7 Å². The minimum absolute atomic E-state index is 0.667. The summed E-state index contributed by atoms with van der Waals surface area (Å²) in [6.07, 6.45) is 0. The number of rotatable bonds is 6. The average Bonchev–Trinajstić information content (AvgIpc) is 3.01. The first-order chi connectivity index (χ1) is 19.7. The Kier molecular flexibility index (Phi) is 6.58. The molecule has 198 valence electrons. The van der Waals surface area contributed by atoms with Crippen LogP contribution in [0.2, 0.25) is 0 Å². The zero-order chi connectivity index (χ0) is 27.1. The van der Waals surface area contributed by atoms with E-state index in [1.54, 1.807) is 14.2 Å². The van der Waals surface area contributed by atoms with Crippen molar-refractivity contribution in [3.8, 4) is 11.5 Å². The molecule has 4 nitrogen and oxygen atoms in total. The largest absolute Gasteiger partial charge is 0.496 e. The molecule has 2 heterocycles. The number of anilines is 4. The summed E-state index contributed by atoms with van der Waals surface area (Å²) in [6.45, 7) is 1.33. The van der Waals surface area contributed by atoms with E-state index >= 15 is 0 Å². The Morgan fingerprint density at radius 1 is 0.475 bits per heavy atom. The normalized spacial score (nSPS) is 13.2. The van der Waals surface area contributed by atoms with Crippen molar-refractivity contribution >= 4 is 46.3 Å². The van der Waals surface area contributed by atoms with Gasteiger partial charge in [-0.25, -0.2) is 0 Å². The molecule has 0 bridgehead atoms.